The maximum atomic E-state index is 13.3. The van der Waals surface area contributed by atoms with Gasteiger partial charge in [0.1, 0.15) is 5.69 Å². The highest BCUT2D eigenvalue weighted by Gasteiger charge is 2.29. The Labute approximate surface area is 268 Å². The number of aromatic nitrogens is 2. The van der Waals surface area contributed by atoms with Crippen molar-refractivity contribution in [1.82, 2.24) is 23.9 Å². The number of carbonyl (C=O) groups is 1. The van der Waals surface area contributed by atoms with Gasteiger partial charge in [-0.1, -0.05) is 74.5 Å². The fourth-order valence-corrected chi connectivity index (χ4v) is 8.02. The average Bonchev–Trinajstić information content (AvgIpc) is 3.66. The monoisotopic (exact) mass is 640 g/mol. The van der Waals surface area contributed by atoms with Crippen LogP contribution in [0.25, 0.3) is 23.0 Å². The van der Waals surface area contributed by atoms with Gasteiger partial charge < -0.3 is 4.90 Å². The van der Waals surface area contributed by atoms with E-state index in [0.717, 1.165) is 43.6 Å². The maximum Gasteiger partial charge on any atom is 0.286 e. The van der Waals surface area contributed by atoms with E-state index < -0.39 is 10.0 Å². The second-order valence-electron chi connectivity index (χ2n) is 10.9. The lowest BCUT2D eigenvalue weighted by Gasteiger charge is -2.35. The standard InChI is InChI=1S/C34H36N6O3S2/c1-3-39(4-2)45(42,43)30-17-11-14-27(22-30)32-28(25-40(36-32)29-15-9-6-10-16-29)23-31-33(41)35-34(44-31)38-20-18-37(19-21-38)24-26-12-7-5-8-13-26/h5-17,22-23,25H,3-4,18-21,24H2,1-2H3. The van der Waals surface area contributed by atoms with E-state index in [1.54, 1.807) is 22.9 Å². The summed E-state index contributed by atoms with van der Waals surface area (Å²) in [5.74, 6) is -0.280. The quantitative estimate of drug-likeness (QED) is 0.228. The predicted molar refractivity (Wildman–Crippen MR) is 180 cm³/mol. The SMILES string of the molecule is CCN(CC)S(=O)(=O)c1cccc(-c2nn(-c3ccccc3)cc2C=C2SC(N3CCN(Cc4ccccc4)CC3)=NC2=O)c1. The van der Waals surface area contributed by atoms with Crippen molar-refractivity contribution < 1.29 is 13.2 Å². The number of thioether (sulfide) groups is 1. The second-order valence-corrected chi connectivity index (χ2v) is 13.8. The van der Waals surface area contributed by atoms with Crippen LogP contribution in [0.4, 0.5) is 0 Å². The third-order valence-corrected chi connectivity index (χ3v) is 11.1. The van der Waals surface area contributed by atoms with E-state index in [1.807, 2.05) is 68.6 Å². The Balaban J connectivity index is 1.26. The van der Waals surface area contributed by atoms with Gasteiger partial charge in [-0.3, -0.25) is 9.69 Å². The summed E-state index contributed by atoms with van der Waals surface area (Å²) in [5.41, 5.74) is 4.08. The molecule has 1 fully saturated rings. The fourth-order valence-electron chi connectivity index (χ4n) is 5.56. The molecule has 0 unspecified atom stereocenters. The van der Waals surface area contributed by atoms with Crippen LogP contribution in [0.3, 0.4) is 0 Å². The van der Waals surface area contributed by atoms with Crippen molar-refractivity contribution >= 4 is 38.9 Å². The minimum absolute atomic E-state index is 0.208. The molecule has 1 saturated heterocycles. The molecule has 3 aromatic carbocycles. The number of amides is 1. The van der Waals surface area contributed by atoms with E-state index in [9.17, 15) is 13.2 Å². The molecular formula is C34H36N6O3S2. The summed E-state index contributed by atoms with van der Waals surface area (Å²) in [7, 11) is -3.66. The van der Waals surface area contributed by atoms with Gasteiger partial charge in [0, 0.05) is 63.1 Å². The number of carbonyl (C=O) groups excluding carboxylic acids is 1. The molecule has 0 aliphatic carbocycles. The summed E-state index contributed by atoms with van der Waals surface area (Å²) >= 11 is 1.38. The van der Waals surface area contributed by atoms with Gasteiger partial charge in [0.2, 0.25) is 10.0 Å². The molecule has 0 bridgehead atoms. The van der Waals surface area contributed by atoms with Crippen molar-refractivity contribution in [2.75, 3.05) is 39.3 Å². The zero-order valence-electron chi connectivity index (χ0n) is 25.4. The molecule has 232 valence electrons. The molecule has 45 heavy (non-hydrogen) atoms. The molecule has 2 aliphatic rings. The van der Waals surface area contributed by atoms with E-state index in [-0.39, 0.29) is 10.8 Å². The molecule has 3 heterocycles. The largest absolute Gasteiger partial charge is 0.348 e. The smallest absolute Gasteiger partial charge is 0.286 e. The zero-order chi connectivity index (χ0) is 31.4. The maximum absolute atomic E-state index is 13.3. The summed E-state index contributed by atoms with van der Waals surface area (Å²) in [4.78, 5) is 22.9. The molecule has 11 heteroatoms. The van der Waals surface area contributed by atoms with Crippen molar-refractivity contribution in [3.05, 3.63) is 107 Å². The minimum Gasteiger partial charge on any atom is -0.348 e. The molecule has 4 aromatic rings. The highest BCUT2D eigenvalue weighted by atomic mass is 32.2. The molecule has 1 aromatic heterocycles. The van der Waals surface area contributed by atoms with Crippen LogP contribution < -0.4 is 0 Å². The number of rotatable bonds is 9. The van der Waals surface area contributed by atoms with E-state index in [0.29, 0.717) is 34.8 Å². The van der Waals surface area contributed by atoms with Gasteiger partial charge in [-0.25, -0.2) is 13.1 Å². The molecule has 1 amide bonds. The van der Waals surface area contributed by atoms with Gasteiger partial charge in [0.25, 0.3) is 5.91 Å². The van der Waals surface area contributed by atoms with Gasteiger partial charge in [0.15, 0.2) is 5.17 Å². The number of nitrogens with zero attached hydrogens (tertiary/aromatic N) is 6. The van der Waals surface area contributed by atoms with Crippen molar-refractivity contribution in [3.63, 3.8) is 0 Å². The van der Waals surface area contributed by atoms with Crippen LogP contribution in [-0.2, 0) is 21.4 Å². The number of amidine groups is 1. The van der Waals surface area contributed by atoms with Gasteiger partial charge >= 0.3 is 0 Å². The number of piperazine rings is 1. The van der Waals surface area contributed by atoms with Crippen LogP contribution in [0.15, 0.2) is 106 Å². The number of aliphatic imine (C=N–C) groups is 1. The van der Waals surface area contributed by atoms with E-state index in [1.165, 1.54) is 21.6 Å². The van der Waals surface area contributed by atoms with Crippen molar-refractivity contribution in [3.8, 4) is 16.9 Å². The highest BCUT2D eigenvalue weighted by molar-refractivity contribution is 8.18. The zero-order valence-corrected chi connectivity index (χ0v) is 27.0. The molecular weight excluding hydrogens is 605 g/mol. The van der Waals surface area contributed by atoms with Crippen LogP contribution in [0.2, 0.25) is 0 Å². The lowest BCUT2D eigenvalue weighted by molar-refractivity contribution is -0.113. The first kappa shape index (κ1) is 31.0. The van der Waals surface area contributed by atoms with E-state index in [2.05, 4.69) is 39.1 Å². The minimum atomic E-state index is -3.66. The normalized spacial score (nSPS) is 17.0. The Morgan fingerprint density at radius 1 is 0.889 bits per heavy atom. The van der Waals surface area contributed by atoms with Crippen molar-refractivity contribution in [1.29, 1.82) is 0 Å². The number of hydrogen-bond donors (Lipinski definition) is 0. The Morgan fingerprint density at radius 3 is 2.27 bits per heavy atom. The predicted octanol–water partition coefficient (Wildman–Crippen LogP) is 5.36. The van der Waals surface area contributed by atoms with Crippen LogP contribution >= 0.6 is 11.8 Å². The highest BCUT2D eigenvalue weighted by Crippen LogP contribution is 2.34. The van der Waals surface area contributed by atoms with E-state index in [4.69, 9.17) is 5.10 Å². The molecule has 0 spiro atoms. The lowest BCUT2D eigenvalue weighted by atomic mass is 10.1. The third kappa shape index (κ3) is 6.81. The van der Waals surface area contributed by atoms with Gasteiger partial charge in [-0.15, -0.1) is 0 Å². The molecule has 0 N–H and O–H groups in total. The van der Waals surface area contributed by atoms with Crippen molar-refractivity contribution in [2.24, 2.45) is 4.99 Å². The summed E-state index contributed by atoms with van der Waals surface area (Å²) in [6.07, 6.45) is 3.69. The van der Waals surface area contributed by atoms with Crippen LogP contribution in [-0.4, -0.2) is 82.6 Å². The second kappa shape index (κ2) is 13.5. The van der Waals surface area contributed by atoms with Crippen LogP contribution in [0.5, 0.6) is 0 Å². The number of benzene rings is 3. The van der Waals surface area contributed by atoms with Gasteiger partial charge in [-0.2, -0.15) is 14.4 Å². The summed E-state index contributed by atoms with van der Waals surface area (Å²) < 4.78 is 29.8. The van der Waals surface area contributed by atoms with E-state index >= 15 is 0 Å². The Hall–Kier alpha value is -4.03. The molecule has 0 saturated carbocycles. The topological polar surface area (TPSA) is 91.1 Å². The Kier molecular flexibility index (Phi) is 9.32. The summed E-state index contributed by atoms with van der Waals surface area (Å²) in [6, 6.07) is 27.0. The van der Waals surface area contributed by atoms with Crippen LogP contribution in [0, 0.1) is 0 Å². The Bertz CT molecular complexity index is 1830. The lowest BCUT2D eigenvalue weighted by Crippen LogP contribution is -2.47. The molecule has 2 aliphatic heterocycles. The average molecular weight is 641 g/mol. The fraction of sp³-hybridized carbons (Fsp3) is 0.265. The molecule has 0 radical (unpaired) electrons. The van der Waals surface area contributed by atoms with Gasteiger partial charge in [-0.05, 0) is 47.7 Å². The van der Waals surface area contributed by atoms with Crippen LogP contribution in [0.1, 0.15) is 25.0 Å². The first-order valence-corrected chi connectivity index (χ1v) is 17.4. The number of sulfonamides is 1. The van der Waals surface area contributed by atoms with Gasteiger partial charge in [0.05, 0.1) is 15.5 Å². The number of hydrogen-bond acceptors (Lipinski definition) is 7. The molecule has 6 rings (SSSR count). The molecule has 0 atom stereocenters. The first-order valence-electron chi connectivity index (χ1n) is 15.1. The summed E-state index contributed by atoms with van der Waals surface area (Å²) in [6.45, 7) is 8.70. The Morgan fingerprint density at radius 2 is 1.58 bits per heavy atom. The van der Waals surface area contributed by atoms with Crippen molar-refractivity contribution in [2.45, 2.75) is 25.3 Å². The summed E-state index contributed by atoms with van der Waals surface area (Å²) in [5, 5.41) is 5.58. The first-order chi connectivity index (χ1) is 21.9. The third-order valence-electron chi connectivity index (χ3n) is 8.00. The number of para-hydroxylation sites is 1. The molecule has 9 nitrogen and oxygen atoms in total.